The largest absolute Gasteiger partial charge is 0.477 e. The molecular formula is C13H19NO5S2. The van der Waals surface area contributed by atoms with Crippen LogP contribution in [-0.2, 0) is 14.8 Å². The van der Waals surface area contributed by atoms with Crippen molar-refractivity contribution in [1.29, 1.82) is 0 Å². The van der Waals surface area contributed by atoms with Crippen LogP contribution in [0.2, 0.25) is 0 Å². The Bertz CT molecular complexity index is 617. The lowest BCUT2D eigenvalue weighted by atomic mass is 10.2. The lowest BCUT2D eigenvalue weighted by Crippen LogP contribution is -2.37. The molecule has 2 heterocycles. The Balaban J connectivity index is 2.27. The topological polar surface area (TPSA) is 83.9 Å². The van der Waals surface area contributed by atoms with Crippen LogP contribution < -0.4 is 0 Å². The third-order valence-corrected chi connectivity index (χ3v) is 6.72. The summed E-state index contributed by atoms with van der Waals surface area (Å²) in [6.07, 6.45) is 1.73. The molecular weight excluding hydrogens is 314 g/mol. The molecule has 1 aliphatic heterocycles. The second-order valence-corrected chi connectivity index (χ2v) is 8.09. The molecule has 1 atom stereocenters. The van der Waals surface area contributed by atoms with Crippen molar-refractivity contribution >= 4 is 27.3 Å². The van der Waals surface area contributed by atoms with Crippen molar-refractivity contribution in [3.8, 4) is 0 Å². The van der Waals surface area contributed by atoms with Crippen molar-refractivity contribution in [3.63, 3.8) is 0 Å². The summed E-state index contributed by atoms with van der Waals surface area (Å²) in [4.78, 5) is 11.6. The van der Waals surface area contributed by atoms with Gasteiger partial charge in [-0.25, -0.2) is 13.2 Å². The van der Waals surface area contributed by atoms with Gasteiger partial charge < -0.3 is 9.84 Å². The first-order valence-electron chi connectivity index (χ1n) is 6.81. The van der Waals surface area contributed by atoms with E-state index >= 15 is 0 Å². The van der Waals surface area contributed by atoms with Crippen LogP contribution in [0.5, 0.6) is 0 Å². The van der Waals surface area contributed by atoms with E-state index < -0.39 is 16.0 Å². The number of hydrogen-bond acceptors (Lipinski definition) is 5. The number of carboxylic acid groups (broad SMARTS) is 1. The van der Waals surface area contributed by atoms with Gasteiger partial charge in [-0.2, -0.15) is 4.31 Å². The van der Waals surface area contributed by atoms with E-state index in [1.54, 1.807) is 13.8 Å². The van der Waals surface area contributed by atoms with Gasteiger partial charge >= 0.3 is 5.97 Å². The summed E-state index contributed by atoms with van der Waals surface area (Å²) in [7, 11) is -3.68. The van der Waals surface area contributed by atoms with Crippen LogP contribution in [0.15, 0.2) is 11.0 Å². The molecule has 1 fully saturated rings. The van der Waals surface area contributed by atoms with Gasteiger partial charge in [0.05, 0.1) is 11.0 Å². The quantitative estimate of drug-likeness (QED) is 0.860. The number of rotatable bonds is 6. The number of nitrogens with zero attached hydrogens (tertiary/aromatic N) is 1. The van der Waals surface area contributed by atoms with Gasteiger partial charge in [0.1, 0.15) is 4.88 Å². The molecule has 0 aromatic carbocycles. The molecule has 6 nitrogen and oxygen atoms in total. The molecule has 0 spiro atoms. The van der Waals surface area contributed by atoms with Crippen molar-refractivity contribution in [3.05, 3.63) is 15.8 Å². The first-order valence-corrected chi connectivity index (χ1v) is 9.07. The Morgan fingerprint density at radius 3 is 2.76 bits per heavy atom. The molecule has 1 aromatic heterocycles. The van der Waals surface area contributed by atoms with Crippen LogP contribution in [0.4, 0.5) is 0 Å². The fourth-order valence-electron chi connectivity index (χ4n) is 2.38. The van der Waals surface area contributed by atoms with Crippen molar-refractivity contribution < 1.29 is 23.1 Å². The highest BCUT2D eigenvalue weighted by Gasteiger charge is 2.30. The number of thiophene rings is 1. The molecule has 1 saturated heterocycles. The molecule has 1 unspecified atom stereocenters. The molecule has 1 aromatic rings. The summed E-state index contributed by atoms with van der Waals surface area (Å²) in [5.41, 5.74) is 0. The maximum atomic E-state index is 12.7. The van der Waals surface area contributed by atoms with Crippen molar-refractivity contribution in [2.45, 2.75) is 37.7 Å². The maximum Gasteiger partial charge on any atom is 0.345 e. The van der Waals surface area contributed by atoms with Gasteiger partial charge in [-0.1, -0.05) is 6.92 Å². The lowest BCUT2D eigenvalue weighted by molar-refractivity contribution is 0.0702. The Kier molecular flexibility index (Phi) is 5.03. The van der Waals surface area contributed by atoms with Gasteiger partial charge in [0.2, 0.25) is 10.0 Å². The zero-order chi connectivity index (χ0) is 15.6. The van der Waals surface area contributed by atoms with Crippen molar-refractivity contribution in [2.75, 3.05) is 19.7 Å². The number of sulfonamides is 1. The van der Waals surface area contributed by atoms with Gasteiger partial charge in [0.25, 0.3) is 0 Å². The van der Waals surface area contributed by atoms with Crippen LogP contribution in [-0.4, -0.2) is 49.6 Å². The molecule has 118 valence electrons. The Morgan fingerprint density at radius 1 is 1.57 bits per heavy atom. The Labute approximate surface area is 128 Å². The average molecular weight is 333 g/mol. The number of likely N-dealkylation sites (N-methyl/N-ethyl adjacent to an activating group) is 1. The standard InChI is InChI=1S/C13H19NO5S2/c1-3-14(8-10-5-4-6-19-10)21(17,18)12-7-11(13(15)16)20-9(12)2/h7,10H,3-6,8H2,1-2H3,(H,15,16). The van der Waals surface area contributed by atoms with E-state index in [0.717, 1.165) is 24.2 Å². The highest BCUT2D eigenvalue weighted by Crippen LogP contribution is 2.29. The number of aryl methyl sites for hydroxylation is 1. The predicted octanol–water partition coefficient (Wildman–Crippen LogP) is 1.94. The summed E-state index contributed by atoms with van der Waals surface area (Å²) < 4.78 is 32.2. The van der Waals surface area contributed by atoms with E-state index in [4.69, 9.17) is 9.84 Å². The van der Waals surface area contributed by atoms with Crippen LogP contribution >= 0.6 is 11.3 Å². The Morgan fingerprint density at radius 2 is 2.29 bits per heavy atom. The molecule has 0 saturated carbocycles. The Hall–Kier alpha value is -0.960. The maximum absolute atomic E-state index is 12.7. The number of carbonyl (C=O) groups is 1. The minimum atomic E-state index is -3.68. The second-order valence-electron chi connectivity index (χ2n) is 4.93. The number of hydrogen-bond donors (Lipinski definition) is 1. The molecule has 21 heavy (non-hydrogen) atoms. The summed E-state index contributed by atoms with van der Waals surface area (Å²) in [6, 6.07) is 1.25. The van der Waals surface area contributed by atoms with Gasteiger partial charge in [-0.3, -0.25) is 0 Å². The van der Waals surface area contributed by atoms with E-state index in [2.05, 4.69) is 0 Å². The van der Waals surface area contributed by atoms with Gasteiger partial charge in [0, 0.05) is 24.6 Å². The molecule has 2 rings (SSSR count). The van der Waals surface area contributed by atoms with Gasteiger partial charge in [-0.15, -0.1) is 11.3 Å². The van der Waals surface area contributed by atoms with E-state index in [0.29, 0.717) is 24.6 Å². The van der Waals surface area contributed by atoms with E-state index in [1.165, 1.54) is 10.4 Å². The number of ether oxygens (including phenoxy) is 1. The van der Waals surface area contributed by atoms with Crippen LogP contribution in [0, 0.1) is 6.92 Å². The first-order chi connectivity index (χ1) is 9.86. The first kappa shape index (κ1) is 16.4. The molecule has 1 aliphatic rings. The normalized spacial score (nSPS) is 19.3. The van der Waals surface area contributed by atoms with E-state index in [9.17, 15) is 13.2 Å². The molecule has 1 N–H and O–H groups in total. The zero-order valence-corrected chi connectivity index (χ0v) is 13.7. The predicted molar refractivity (Wildman–Crippen MR) is 79.4 cm³/mol. The van der Waals surface area contributed by atoms with Crippen molar-refractivity contribution in [2.24, 2.45) is 0 Å². The molecule has 0 aliphatic carbocycles. The fraction of sp³-hybridized carbons (Fsp3) is 0.615. The zero-order valence-electron chi connectivity index (χ0n) is 12.0. The third-order valence-electron chi connectivity index (χ3n) is 3.48. The number of carboxylic acids is 1. The van der Waals surface area contributed by atoms with Crippen LogP contribution in [0.1, 0.15) is 34.3 Å². The second kappa shape index (κ2) is 6.43. The van der Waals surface area contributed by atoms with Crippen LogP contribution in [0.3, 0.4) is 0 Å². The highest BCUT2D eigenvalue weighted by atomic mass is 32.2. The fourth-order valence-corrected chi connectivity index (χ4v) is 5.26. The SMILES string of the molecule is CCN(CC1CCCO1)S(=O)(=O)c1cc(C(=O)O)sc1C. The number of aromatic carboxylic acids is 1. The van der Waals surface area contributed by atoms with E-state index in [1.807, 2.05) is 0 Å². The van der Waals surface area contributed by atoms with E-state index in [-0.39, 0.29) is 15.9 Å². The average Bonchev–Trinajstić information content (AvgIpc) is 3.04. The molecule has 8 heteroatoms. The summed E-state index contributed by atoms with van der Waals surface area (Å²) in [5.74, 6) is -1.10. The minimum absolute atomic E-state index is 0.0410. The highest BCUT2D eigenvalue weighted by molar-refractivity contribution is 7.89. The van der Waals surface area contributed by atoms with Crippen molar-refractivity contribution in [1.82, 2.24) is 4.31 Å². The van der Waals surface area contributed by atoms with Gasteiger partial charge in [-0.05, 0) is 25.8 Å². The monoisotopic (exact) mass is 333 g/mol. The lowest BCUT2D eigenvalue weighted by Gasteiger charge is -2.23. The van der Waals surface area contributed by atoms with Crippen LogP contribution in [0.25, 0.3) is 0 Å². The third kappa shape index (κ3) is 3.45. The summed E-state index contributed by atoms with van der Waals surface area (Å²) >= 11 is 0.983. The minimum Gasteiger partial charge on any atom is -0.477 e. The summed E-state index contributed by atoms with van der Waals surface area (Å²) in [6.45, 7) is 4.72. The molecule has 0 bridgehead atoms. The molecule has 0 radical (unpaired) electrons. The van der Waals surface area contributed by atoms with Gasteiger partial charge in [0.15, 0.2) is 0 Å². The molecule has 0 amide bonds. The smallest absolute Gasteiger partial charge is 0.345 e. The summed E-state index contributed by atoms with van der Waals surface area (Å²) in [5, 5.41) is 9.00.